The Kier molecular flexibility index (Phi) is 7.83. The molecule has 1 rings (SSSR count). The molecule has 0 aliphatic heterocycles. The van der Waals surface area contributed by atoms with Gasteiger partial charge in [-0.25, -0.2) is 0 Å². The van der Waals surface area contributed by atoms with Gasteiger partial charge in [0.1, 0.15) is 5.75 Å². The van der Waals surface area contributed by atoms with Crippen molar-refractivity contribution in [1.82, 2.24) is 5.32 Å². The summed E-state index contributed by atoms with van der Waals surface area (Å²) in [6.45, 7) is 6.62. The molecule has 118 valence electrons. The molecule has 4 heteroatoms. The monoisotopic (exact) mass is 293 g/mol. The van der Waals surface area contributed by atoms with Crippen LogP contribution in [0.15, 0.2) is 24.3 Å². The van der Waals surface area contributed by atoms with Crippen molar-refractivity contribution in [2.45, 2.75) is 46.1 Å². The van der Waals surface area contributed by atoms with Crippen molar-refractivity contribution < 1.29 is 14.6 Å². The number of aliphatic hydroxyl groups excluding tert-OH is 1. The number of nitrogens with one attached hydrogen (secondary N) is 1. The van der Waals surface area contributed by atoms with Crippen molar-refractivity contribution in [3.05, 3.63) is 29.8 Å². The van der Waals surface area contributed by atoms with Crippen molar-refractivity contribution >= 4 is 5.91 Å². The molecule has 0 aliphatic carbocycles. The fourth-order valence-electron chi connectivity index (χ4n) is 2.20. The highest BCUT2D eigenvalue weighted by molar-refractivity contribution is 5.80. The second kappa shape index (κ2) is 9.40. The van der Waals surface area contributed by atoms with Crippen LogP contribution in [0.2, 0.25) is 0 Å². The molecule has 0 radical (unpaired) electrons. The number of ether oxygens (including phenoxy) is 1. The maximum absolute atomic E-state index is 12.0. The number of aryl methyl sites for hydroxylation is 1. The van der Waals surface area contributed by atoms with Crippen LogP contribution in [0.25, 0.3) is 0 Å². The van der Waals surface area contributed by atoms with Gasteiger partial charge in [0, 0.05) is 13.2 Å². The van der Waals surface area contributed by atoms with Crippen LogP contribution in [-0.2, 0) is 4.79 Å². The summed E-state index contributed by atoms with van der Waals surface area (Å²) < 4.78 is 5.62. The quantitative estimate of drug-likeness (QED) is 0.736. The van der Waals surface area contributed by atoms with E-state index >= 15 is 0 Å². The molecule has 0 spiro atoms. The highest BCUT2D eigenvalue weighted by Crippen LogP contribution is 2.14. The van der Waals surface area contributed by atoms with Crippen LogP contribution < -0.4 is 10.1 Å². The first-order valence-electron chi connectivity index (χ1n) is 7.68. The van der Waals surface area contributed by atoms with E-state index in [0.717, 1.165) is 24.8 Å². The number of carbonyl (C=O) groups excluding carboxylic acids is 1. The number of rotatable bonds is 9. The standard InChI is InChI=1S/C17H27NO3/c1-4-5-15(10-11-19)12-18-17(20)14(3)21-16-8-6-13(2)7-9-16/h6-9,14-15,19H,4-5,10-12H2,1-3H3,(H,18,20). The lowest BCUT2D eigenvalue weighted by atomic mass is 10.0. The first-order valence-corrected chi connectivity index (χ1v) is 7.68. The summed E-state index contributed by atoms with van der Waals surface area (Å²) in [6.07, 6.45) is 2.26. The van der Waals surface area contributed by atoms with E-state index < -0.39 is 6.10 Å². The molecule has 21 heavy (non-hydrogen) atoms. The zero-order valence-electron chi connectivity index (χ0n) is 13.3. The first kappa shape index (κ1) is 17.5. The Morgan fingerprint density at radius 1 is 1.29 bits per heavy atom. The molecule has 0 heterocycles. The lowest BCUT2D eigenvalue weighted by Crippen LogP contribution is -2.39. The molecule has 0 saturated heterocycles. The Balaban J connectivity index is 2.41. The van der Waals surface area contributed by atoms with E-state index in [1.165, 1.54) is 0 Å². The van der Waals surface area contributed by atoms with E-state index in [1.807, 2.05) is 31.2 Å². The topological polar surface area (TPSA) is 58.6 Å². The molecule has 0 aromatic heterocycles. The van der Waals surface area contributed by atoms with Gasteiger partial charge in [0.25, 0.3) is 5.91 Å². The van der Waals surface area contributed by atoms with Crippen LogP contribution in [0, 0.1) is 12.8 Å². The lowest BCUT2D eigenvalue weighted by Gasteiger charge is -2.19. The summed E-state index contributed by atoms with van der Waals surface area (Å²) in [5, 5.41) is 11.9. The molecule has 4 nitrogen and oxygen atoms in total. The minimum Gasteiger partial charge on any atom is -0.481 e. The highest BCUT2D eigenvalue weighted by Gasteiger charge is 2.16. The zero-order chi connectivity index (χ0) is 15.7. The molecule has 2 atom stereocenters. The van der Waals surface area contributed by atoms with E-state index in [1.54, 1.807) is 6.92 Å². The van der Waals surface area contributed by atoms with Crippen LogP contribution in [-0.4, -0.2) is 30.3 Å². The molecule has 1 aromatic rings. The smallest absolute Gasteiger partial charge is 0.260 e. The molecule has 2 N–H and O–H groups in total. The fourth-order valence-corrected chi connectivity index (χ4v) is 2.20. The number of amides is 1. The van der Waals surface area contributed by atoms with Gasteiger partial charge in [0.2, 0.25) is 0 Å². The van der Waals surface area contributed by atoms with E-state index in [0.29, 0.717) is 18.2 Å². The van der Waals surface area contributed by atoms with E-state index in [4.69, 9.17) is 9.84 Å². The van der Waals surface area contributed by atoms with Gasteiger partial charge in [-0.05, 0) is 44.7 Å². The van der Waals surface area contributed by atoms with Gasteiger partial charge in [0.05, 0.1) is 0 Å². The molecule has 0 bridgehead atoms. The van der Waals surface area contributed by atoms with Gasteiger partial charge in [-0.3, -0.25) is 4.79 Å². The maximum Gasteiger partial charge on any atom is 0.260 e. The van der Waals surface area contributed by atoms with Gasteiger partial charge in [0.15, 0.2) is 6.10 Å². The number of hydrogen-bond donors (Lipinski definition) is 2. The van der Waals surface area contributed by atoms with Crippen molar-refractivity contribution in [3.63, 3.8) is 0 Å². The van der Waals surface area contributed by atoms with Gasteiger partial charge >= 0.3 is 0 Å². The lowest BCUT2D eigenvalue weighted by molar-refractivity contribution is -0.127. The molecular formula is C17H27NO3. The van der Waals surface area contributed by atoms with Gasteiger partial charge < -0.3 is 15.2 Å². The summed E-state index contributed by atoms with van der Waals surface area (Å²) in [5.74, 6) is 0.911. The van der Waals surface area contributed by atoms with Crippen molar-refractivity contribution in [2.24, 2.45) is 5.92 Å². The van der Waals surface area contributed by atoms with Crippen LogP contribution >= 0.6 is 0 Å². The van der Waals surface area contributed by atoms with E-state index in [2.05, 4.69) is 12.2 Å². The largest absolute Gasteiger partial charge is 0.481 e. The molecule has 0 aliphatic rings. The van der Waals surface area contributed by atoms with Gasteiger partial charge in [-0.2, -0.15) is 0 Å². The van der Waals surface area contributed by atoms with Crippen LogP contribution in [0.4, 0.5) is 0 Å². The van der Waals surface area contributed by atoms with Crippen LogP contribution in [0.1, 0.15) is 38.7 Å². The molecule has 1 aromatic carbocycles. The van der Waals surface area contributed by atoms with Crippen molar-refractivity contribution in [2.75, 3.05) is 13.2 Å². The van der Waals surface area contributed by atoms with Gasteiger partial charge in [-0.15, -0.1) is 0 Å². The van der Waals surface area contributed by atoms with Crippen LogP contribution in [0.3, 0.4) is 0 Å². The molecule has 1 amide bonds. The average molecular weight is 293 g/mol. The summed E-state index contributed by atoms with van der Waals surface area (Å²) in [4.78, 5) is 12.0. The summed E-state index contributed by atoms with van der Waals surface area (Å²) in [6, 6.07) is 7.65. The predicted molar refractivity (Wildman–Crippen MR) is 84.4 cm³/mol. The van der Waals surface area contributed by atoms with E-state index in [9.17, 15) is 4.79 Å². The maximum atomic E-state index is 12.0. The van der Waals surface area contributed by atoms with Gasteiger partial charge in [-0.1, -0.05) is 31.0 Å². The normalized spacial score (nSPS) is 13.5. The van der Waals surface area contributed by atoms with Crippen molar-refractivity contribution in [3.8, 4) is 5.75 Å². The van der Waals surface area contributed by atoms with Crippen LogP contribution in [0.5, 0.6) is 5.75 Å². The first-order chi connectivity index (χ1) is 10.1. The third-order valence-corrected chi connectivity index (χ3v) is 3.50. The minimum absolute atomic E-state index is 0.116. The number of hydrogen-bond acceptors (Lipinski definition) is 3. The summed E-state index contributed by atoms with van der Waals surface area (Å²) in [5.41, 5.74) is 1.16. The second-order valence-electron chi connectivity index (χ2n) is 5.49. The third kappa shape index (κ3) is 6.63. The summed E-state index contributed by atoms with van der Waals surface area (Å²) in [7, 11) is 0. The number of carbonyl (C=O) groups is 1. The molecular weight excluding hydrogens is 266 g/mol. The third-order valence-electron chi connectivity index (χ3n) is 3.50. The van der Waals surface area contributed by atoms with Crippen molar-refractivity contribution in [1.29, 1.82) is 0 Å². The number of benzene rings is 1. The Morgan fingerprint density at radius 3 is 2.52 bits per heavy atom. The minimum atomic E-state index is -0.524. The molecule has 2 unspecified atom stereocenters. The second-order valence-corrected chi connectivity index (χ2v) is 5.49. The summed E-state index contributed by atoms with van der Waals surface area (Å²) >= 11 is 0. The predicted octanol–water partition coefficient (Wildman–Crippen LogP) is 2.68. The Labute approximate surface area is 127 Å². The number of aliphatic hydroxyl groups is 1. The fraction of sp³-hybridized carbons (Fsp3) is 0.588. The Bertz CT molecular complexity index is 411. The zero-order valence-corrected chi connectivity index (χ0v) is 13.3. The Morgan fingerprint density at radius 2 is 1.95 bits per heavy atom. The average Bonchev–Trinajstić information content (AvgIpc) is 2.47. The molecule has 0 fully saturated rings. The van der Waals surface area contributed by atoms with E-state index in [-0.39, 0.29) is 12.5 Å². The highest BCUT2D eigenvalue weighted by atomic mass is 16.5. The SMILES string of the molecule is CCCC(CCO)CNC(=O)C(C)Oc1ccc(C)cc1. The Hall–Kier alpha value is -1.55. The molecule has 0 saturated carbocycles.